The maximum absolute atomic E-state index is 5.59. The fraction of sp³-hybridized carbons (Fsp3) is 0.556. The van der Waals surface area contributed by atoms with E-state index in [-0.39, 0.29) is 0 Å². The summed E-state index contributed by atoms with van der Waals surface area (Å²) in [4.78, 5) is 0. The van der Waals surface area contributed by atoms with E-state index in [9.17, 15) is 0 Å². The fourth-order valence-electron chi connectivity index (χ4n) is 0.543. The third-order valence-electron chi connectivity index (χ3n) is 1.05. The van der Waals surface area contributed by atoms with Crippen LogP contribution in [0.3, 0.4) is 0 Å². The second-order valence-corrected chi connectivity index (χ2v) is 7.89. The van der Waals surface area contributed by atoms with Gasteiger partial charge in [0.1, 0.15) is 0 Å². The van der Waals surface area contributed by atoms with Crippen LogP contribution in [0.1, 0.15) is 6.92 Å². The Labute approximate surface area is 70.9 Å². The summed E-state index contributed by atoms with van der Waals surface area (Å²) in [5, 5.41) is 0. The van der Waals surface area contributed by atoms with Crippen molar-refractivity contribution in [3.05, 3.63) is 24.3 Å². The Morgan fingerprint density at radius 1 is 1.18 bits per heavy atom. The summed E-state index contributed by atoms with van der Waals surface area (Å²) < 4.78 is 5.59. The molecule has 0 heterocycles. The van der Waals surface area contributed by atoms with Gasteiger partial charge in [0.25, 0.3) is 0 Å². The lowest BCUT2D eigenvalue weighted by atomic mass is 10.4. The molecule has 11 heavy (non-hydrogen) atoms. The van der Waals surface area contributed by atoms with Gasteiger partial charge in [0.15, 0.2) is 8.32 Å². The lowest BCUT2D eigenvalue weighted by Gasteiger charge is -2.14. The van der Waals surface area contributed by atoms with E-state index in [2.05, 4.69) is 19.6 Å². The van der Waals surface area contributed by atoms with Crippen molar-refractivity contribution in [2.24, 2.45) is 0 Å². The molecule has 2 heteroatoms. The Morgan fingerprint density at radius 2 is 1.82 bits per heavy atom. The van der Waals surface area contributed by atoms with E-state index in [1.54, 1.807) is 0 Å². The first-order valence-electron chi connectivity index (χ1n) is 3.98. The average Bonchev–Trinajstić information content (AvgIpc) is 1.85. The number of hydrogen-bond acceptors (Lipinski definition) is 1. The van der Waals surface area contributed by atoms with Crippen molar-refractivity contribution >= 4 is 8.32 Å². The monoisotopic (exact) mass is 170 g/mol. The van der Waals surface area contributed by atoms with Crippen LogP contribution in [0.25, 0.3) is 0 Å². The molecule has 0 fully saturated rings. The third kappa shape index (κ3) is 9.66. The van der Waals surface area contributed by atoms with Crippen molar-refractivity contribution in [1.29, 1.82) is 0 Å². The summed E-state index contributed by atoms with van der Waals surface area (Å²) in [5.41, 5.74) is 0. The van der Waals surface area contributed by atoms with Crippen LogP contribution in [-0.4, -0.2) is 14.9 Å². The van der Waals surface area contributed by atoms with Crippen LogP contribution >= 0.6 is 0 Å². The maximum Gasteiger partial charge on any atom is 0.184 e. The van der Waals surface area contributed by atoms with E-state index in [4.69, 9.17) is 4.43 Å². The first-order chi connectivity index (χ1) is 5.06. The smallest absolute Gasteiger partial charge is 0.184 e. The molecule has 1 nitrogen and oxygen atoms in total. The molecule has 64 valence electrons. The average molecular weight is 170 g/mol. The summed E-state index contributed by atoms with van der Waals surface area (Å²) in [5.74, 6) is 0. The molecular weight excluding hydrogens is 152 g/mol. The lowest BCUT2D eigenvalue weighted by molar-refractivity contribution is 0.357. The molecule has 0 aliphatic carbocycles. The molecule has 0 aromatic rings. The van der Waals surface area contributed by atoms with Crippen molar-refractivity contribution in [2.75, 3.05) is 6.61 Å². The summed E-state index contributed by atoms with van der Waals surface area (Å²) in [7, 11) is -1.29. The number of rotatable bonds is 4. The van der Waals surface area contributed by atoms with Crippen molar-refractivity contribution in [2.45, 2.75) is 26.6 Å². The second-order valence-electron chi connectivity index (χ2n) is 3.38. The van der Waals surface area contributed by atoms with Crippen LogP contribution in [0, 0.1) is 0 Å². The van der Waals surface area contributed by atoms with Gasteiger partial charge in [-0.1, -0.05) is 24.3 Å². The van der Waals surface area contributed by atoms with Gasteiger partial charge in [0.05, 0.1) is 6.61 Å². The number of hydrogen-bond donors (Lipinski definition) is 0. The highest BCUT2D eigenvalue weighted by Crippen LogP contribution is 2.01. The third-order valence-corrected chi connectivity index (χ3v) is 2.08. The predicted molar refractivity (Wildman–Crippen MR) is 53.3 cm³/mol. The van der Waals surface area contributed by atoms with Gasteiger partial charge in [-0.25, -0.2) is 0 Å². The summed E-state index contributed by atoms with van der Waals surface area (Å²) in [6.45, 7) is 9.33. The van der Waals surface area contributed by atoms with Gasteiger partial charge in [0.2, 0.25) is 0 Å². The molecule has 0 bridgehead atoms. The van der Waals surface area contributed by atoms with Crippen LogP contribution in [0.5, 0.6) is 0 Å². The molecule has 0 atom stereocenters. The van der Waals surface area contributed by atoms with E-state index in [0.29, 0.717) is 0 Å². The van der Waals surface area contributed by atoms with Gasteiger partial charge in [-0.2, -0.15) is 0 Å². The number of allylic oxidation sites excluding steroid dienone is 3. The van der Waals surface area contributed by atoms with Crippen molar-refractivity contribution < 1.29 is 4.43 Å². The molecule has 0 aromatic heterocycles. The van der Waals surface area contributed by atoms with Crippen LogP contribution in [0.15, 0.2) is 24.3 Å². The lowest BCUT2D eigenvalue weighted by Crippen LogP contribution is -2.25. The predicted octanol–water partition coefficient (Wildman–Crippen LogP) is 2.97. The normalized spacial score (nSPS) is 13.5. The molecule has 0 saturated heterocycles. The van der Waals surface area contributed by atoms with E-state index < -0.39 is 8.32 Å². The molecule has 0 amide bonds. The van der Waals surface area contributed by atoms with Gasteiger partial charge >= 0.3 is 0 Å². The first-order valence-corrected chi connectivity index (χ1v) is 7.39. The molecule has 0 aliphatic rings. The molecule has 0 radical (unpaired) electrons. The van der Waals surface area contributed by atoms with E-state index in [0.717, 1.165) is 6.61 Å². The SMILES string of the molecule is C/C=C/C=C/CO[Si](C)(C)C. The van der Waals surface area contributed by atoms with Crippen LogP contribution in [0.4, 0.5) is 0 Å². The molecule has 0 unspecified atom stereocenters. The quantitative estimate of drug-likeness (QED) is 0.465. The molecule has 0 spiro atoms. The molecule has 0 aromatic carbocycles. The minimum atomic E-state index is -1.29. The zero-order chi connectivity index (χ0) is 8.74. The van der Waals surface area contributed by atoms with Crippen molar-refractivity contribution in [1.82, 2.24) is 0 Å². The Hall–Kier alpha value is -0.343. The van der Waals surface area contributed by atoms with Crippen LogP contribution in [-0.2, 0) is 4.43 Å². The highest BCUT2D eigenvalue weighted by atomic mass is 28.4. The molecule has 0 N–H and O–H groups in total. The zero-order valence-corrected chi connectivity index (χ0v) is 8.92. The van der Waals surface area contributed by atoms with E-state index in [1.165, 1.54) is 0 Å². The molecule has 0 saturated carbocycles. The van der Waals surface area contributed by atoms with Gasteiger partial charge in [0, 0.05) is 0 Å². The minimum absolute atomic E-state index is 0.750. The summed E-state index contributed by atoms with van der Waals surface area (Å²) in [6, 6.07) is 0. The fourth-order valence-corrected chi connectivity index (χ4v) is 1.14. The van der Waals surface area contributed by atoms with E-state index in [1.807, 2.05) is 31.2 Å². The Bertz CT molecular complexity index is 142. The zero-order valence-electron chi connectivity index (χ0n) is 7.92. The highest BCUT2D eigenvalue weighted by Gasteiger charge is 2.11. The Balaban J connectivity index is 3.42. The summed E-state index contributed by atoms with van der Waals surface area (Å²) >= 11 is 0. The topological polar surface area (TPSA) is 9.23 Å². The second kappa shape index (κ2) is 5.33. The van der Waals surface area contributed by atoms with Gasteiger partial charge in [-0.15, -0.1) is 0 Å². The Kier molecular flexibility index (Phi) is 5.16. The van der Waals surface area contributed by atoms with Crippen molar-refractivity contribution in [3.8, 4) is 0 Å². The largest absolute Gasteiger partial charge is 0.414 e. The molecule has 0 aliphatic heterocycles. The van der Waals surface area contributed by atoms with Gasteiger partial charge < -0.3 is 4.43 Å². The van der Waals surface area contributed by atoms with Gasteiger partial charge in [-0.3, -0.25) is 0 Å². The minimum Gasteiger partial charge on any atom is -0.414 e. The first kappa shape index (κ1) is 10.7. The maximum atomic E-state index is 5.59. The highest BCUT2D eigenvalue weighted by molar-refractivity contribution is 6.69. The van der Waals surface area contributed by atoms with Gasteiger partial charge in [-0.05, 0) is 26.6 Å². The molecular formula is C9H18OSi. The van der Waals surface area contributed by atoms with Crippen LogP contribution < -0.4 is 0 Å². The molecule has 0 rings (SSSR count). The summed E-state index contributed by atoms with van der Waals surface area (Å²) in [6.07, 6.45) is 8.07. The van der Waals surface area contributed by atoms with Crippen LogP contribution in [0.2, 0.25) is 19.6 Å². The Morgan fingerprint density at radius 3 is 2.27 bits per heavy atom. The van der Waals surface area contributed by atoms with E-state index >= 15 is 0 Å². The van der Waals surface area contributed by atoms with Crippen molar-refractivity contribution in [3.63, 3.8) is 0 Å². The standard InChI is InChI=1S/C9H18OSi/c1-5-6-7-8-9-10-11(2,3)4/h5-8H,9H2,1-4H3/b6-5+,8-7+.